The molecule has 0 unspecified atom stereocenters. The van der Waals surface area contributed by atoms with E-state index in [9.17, 15) is 9.90 Å². The van der Waals surface area contributed by atoms with Gasteiger partial charge in [-0.3, -0.25) is 4.90 Å². The molecule has 0 spiro atoms. The van der Waals surface area contributed by atoms with Crippen LogP contribution in [0.2, 0.25) is 0 Å². The Bertz CT molecular complexity index is 1180. The van der Waals surface area contributed by atoms with Crippen LogP contribution in [0.4, 0.5) is 0 Å². The highest BCUT2D eigenvalue weighted by Crippen LogP contribution is 2.42. The SMILES string of the molecule is COc1cc(C)c2[nH]ccc2c1CN1CCC(=C2CCC2)C[C@H]1c1ccc(C(=O)O)cc1. The molecule has 2 heterocycles. The van der Waals surface area contributed by atoms with Crippen molar-refractivity contribution in [3.05, 3.63) is 76.0 Å². The molecule has 1 atom stereocenters. The van der Waals surface area contributed by atoms with Gasteiger partial charge in [-0.05, 0) is 74.4 Å². The fraction of sp³-hybridized carbons (Fsp3) is 0.370. The van der Waals surface area contributed by atoms with Gasteiger partial charge in [-0.15, -0.1) is 0 Å². The molecular formula is C27H30N2O3. The number of aromatic amines is 1. The molecule has 0 radical (unpaired) electrons. The van der Waals surface area contributed by atoms with Gasteiger partial charge in [0.2, 0.25) is 0 Å². The summed E-state index contributed by atoms with van der Waals surface area (Å²) in [5.74, 6) is 0.0475. The quantitative estimate of drug-likeness (QED) is 0.487. The second-order valence-electron chi connectivity index (χ2n) is 9.07. The van der Waals surface area contributed by atoms with E-state index in [2.05, 4.69) is 28.9 Å². The fourth-order valence-corrected chi connectivity index (χ4v) is 5.28. The second kappa shape index (κ2) is 8.47. The van der Waals surface area contributed by atoms with Crippen LogP contribution < -0.4 is 4.74 Å². The van der Waals surface area contributed by atoms with Gasteiger partial charge in [0.05, 0.1) is 12.7 Å². The van der Waals surface area contributed by atoms with Gasteiger partial charge in [0.15, 0.2) is 0 Å². The Hall–Kier alpha value is -3.05. The van der Waals surface area contributed by atoms with Crippen LogP contribution in [0.3, 0.4) is 0 Å². The van der Waals surface area contributed by atoms with Gasteiger partial charge in [0.25, 0.3) is 0 Å². The van der Waals surface area contributed by atoms with Gasteiger partial charge >= 0.3 is 5.97 Å². The number of hydrogen-bond acceptors (Lipinski definition) is 3. The lowest BCUT2D eigenvalue weighted by atomic mass is 9.81. The van der Waals surface area contributed by atoms with E-state index in [0.717, 1.165) is 37.2 Å². The average molecular weight is 431 g/mol. The molecule has 2 fully saturated rings. The van der Waals surface area contributed by atoms with Crippen LogP contribution in [0, 0.1) is 6.92 Å². The van der Waals surface area contributed by atoms with Gasteiger partial charge in [-0.2, -0.15) is 0 Å². The Labute approximate surface area is 188 Å². The van der Waals surface area contributed by atoms with E-state index in [1.54, 1.807) is 30.4 Å². The van der Waals surface area contributed by atoms with Crippen molar-refractivity contribution < 1.29 is 14.6 Å². The van der Waals surface area contributed by atoms with Crippen LogP contribution in [0.15, 0.2) is 53.7 Å². The van der Waals surface area contributed by atoms with Crippen molar-refractivity contribution in [2.75, 3.05) is 13.7 Å². The van der Waals surface area contributed by atoms with E-state index in [-0.39, 0.29) is 6.04 Å². The molecule has 2 aromatic carbocycles. The molecule has 5 heteroatoms. The van der Waals surface area contributed by atoms with Crippen molar-refractivity contribution in [2.45, 2.75) is 51.6 Å². The summed E-state index contributed by atoms with van der Waals surface area (Å²) in [4.78, 5) is 17.3. The Kier molecular flexibility index (Phi) is 5.51. The van der Waals surface area contributed by atoms with Crippen molar-refractivity contribution in [1.82, 2.24) is 9.88 Å². The minimum Gasteiger partial charge on any atom is -0.496 e. The first-order valence-corrected chi connectivity index (χ1v) is 11.5. The van der Waals surface area contributed by atoms with Crippen molar-refractivity contribution in [3.8, 4) is 5.75 Å². The zero-order valence-corrected chi connectivity index (χ0v) is 18.8. The Morgan fingerprint density at radius 1 is 1.16 bits per heavy atom. The highest BCUT2D eigenvalue weighted by atomic mass is 16.5. The second-order valence-corrected chi connectivity index (χ2v) is 9.07. The summed E-state index contributed by atoms with van der Waals surface area (Å²) >= 11 is 0. The molecule has 5 rings (SSSR count). The number of ether oxygens (including phenoxy) is 1. The Morgan fingerprint density at radius 2 is 1.94 bits per heavy atom. The largest absolute Gasteiger partial charge is 0.496 e. The van der Waals surface area contributed by atoms with Crippen molar-refractivity contribution in [1.29, 1.82) is 0 Å². The Balaban J connectivity index is 1.52. The van der Waals surface area contributed by atoms with E-state index < -0.39 is 5.97 Å². The fourth-order valence-electron chi connectivity index (χ4n) is 5.28. The van der Waals surface area contributed by atoms with Crippen LogP contribution in [0.5, 0.6) is 5.75 Å². The predicted molar refractivity (Wildman–Crippen MR) is 126 cm³/mol. The number of allylic oxidation sites excluding steroid dienone is 1. The number of nitrogens with zero attached hydrogens (tertiary/aromatic N) is 1. The zero-order valence-electron chi connectivity index (χ0n) is 18.8. The number of benzene rings is 2. The lowest BCUT2D eigenvalue weighted by molar-refractivity contribution is 0.0696. The molecule has 3 aromatic rings. The Morgan fingerprint density at radius 3 is 2.59 bits per heavy atom. The number of aryl methyl sites for hydroxylation is 1. The molecule has 0 bridgehead atoms. The monoisotopic (exact) mass is 430 g/mol. The third kappa shape index (κ3) is 3.71. The van der Waals surface area contributed by atoms with E-state index in [0.29, 0.717) is 5.56 Å². The maximum absolute atomic E-state index is 11.3. The molecule has 1 aromatic heterocycles. The number of fused-ring (bicyclic) bond motifs is 1. The molecule has 2 aliphatic rings. The van der Waals surface area contributed by atoms with Gasteiger partial charge in [-0.1, -0.05) is 23.3 Å². The minimum atomic E-state index is -0.881. The third-order valence-electron chi connectivity index (χ3n) is 7.27. The number of hydrogen-bond donors (Lipinski definition) is 2. The first-order valence-electron chi connectivity index (χ1n) is 11.5. The lowest BCUT2D eigenvalue weighted by Crippen LogP contribution is -2.34. The lowest BCUT2D eigenvalue weighted by Gasteiger charge is -2.39. The van der Waals surface area contributed by atoms with Crippen molar-refractivity contribution in [2.24, 2.45) is 0 Å². The van der Waals surface area contributed by atoms with Crippen LogP contribution in [0.25, 0.3) is 10.9 Å². The predicted octanol–water partition coefficient (Wildman–Crippen LogP) is 6.00. The van der Waals surface area contributed by atoms with Crippen molar-refractivity contribution in [3.63, 3.8) is 0 Å². The van der Waals surface area contributed by atoms with Crippen LogP contribution in [-0.2, 0) is 6.54 Å². The number of carboxylic acid groups (broad SMARTS) is 1. The third-order valence-corrected chi connectivity index (χ3v) is 7.27. The summed E-state index contributed by atoms with van der Waals surface area (Å²) in [6.07, 6.45) is 7.94. The number of aromatic carboxylic acids is 1. The number of H-pyrrole nitrogens is 1. The first kappa shape index (κ1) is 20.8. The van der Waals surface area contributed by atoms with Crippen molar-refractivity contribution >= 4 is 16.9 Å². The standard InChI is InChI=1S/C27H30N2O3/c1-17-14-25(32-2)23(22-10-12-28-26(17)22)16-29-13-11-21(18-4-3-5-18)15-24(29)19-6-8-20(9-7-19)27(30)31/h6-10,12,14,24,28H,3-5,11,13,15-16H2,1-2H3,(H,30,31)/t24-/m0/s1. The van der Waals surface area contributed by atoms with Crippen LogP contribution >= 0.6 is 0 Å². The summed E-state index contributed by atoms with van der Waals surface area (Å²) in [6.45, 7) is 3.90. The molecule has 1 aliphatic carbocycles. The molecule has 0 amide bonds. The van der Waals surface area contributed by atoms with Gasteiger partial charge in [0, 0.05) is 41.8 Å². The number of carbonyl (C=O) groups is 1. The molecule has 1 saturated carbocycles. The summed E-state index contributed by atoms with van der Waals surface area (Å²) in [5, 5.41) is 10.5. The van der Waals surface area contributed by atoms with Gasteiger partial charge in [-0.25, -0.2) is 4.79 Å². The van der Waals surface area contributed by atoms with Crippen LogP contribution in [0.1, 0.15) is 65.2 Å². The zero-order chi connectivity index (χ0) is 22.2. The van der Waals surface area contributed by atoms with E-state index in [4.69, 9.17) is 4.74 Å². The first-order chi connectivity index (χ1) is 15.5. The summed E-state index contributed by atoms with van der Waals surface area (Å²) in [7, 11) is 1.74. The van der Waals surface area contributed by atoms with Gasteiger partial charge in [0.1, 0.15) is 5.75 Å². The number of rotatable bonds is 5. The summed E-state index contributed by atoms with van der Waals surface area (Å²) in [6, 6.07) is 11.9. The van der Waals surface area contributed by atoms with Crippen LogP contribution in [-0.4, -0.2) is 34.6 Å². The maximum atomic E-state index is 11.3. The number of likely N-dealkylation sites (tertiary alicyclic amines) is 1. The molecule has 2 N–H and O–H groups in total. The smallest absolute Gasteiger partial charge is 0.335 e. The topological polar surface area (TPSA) is 65.6 Å². The number of carboxylic acids is 1. The van der Waals surface area contributed by atoms with E-state index in [1.807, 2.05) is 18.3 Å². The number of nitrogens with one attached hydrogen (secondary N) is 1. The highest BCUT2D eigenvalue weighted by Gasteiger charge is 2.30. The summed E-state index contributed by atoms with van der Waals surface area (Å²) < 4.78 is 5.80. The summed E-state index contributed by atoms with van der Waals surface area (Å²) in [5.41, 5.74) is 8.34. The normalized spacial score (nSPS) is 19.2. The number of aromatic nitrogens is 1. The minimum absolute atomic E-state index is 0.231. The van der Waals surface area contributed by atoms with E-state index in [1.165, 1.54) is 41.3 Å². The van der Waals surface area contributed by atoms with Gasteiger partial charge < -0.3 is 14.8 Å². The van der Waals surface area contributed by atoms with E-state index >= 15 is 0 Å². The molecule has 5 nitrogen and oxygen atoms in total. The molecule has 1 saturated heterocycles. The molecular weight excluding hydrogens is 400 g/mol. The average Bonchev–Trinajstić information content (AvgIpc) is 3.26. The molecule has 166 valence electrons. The highest BCUT2D eigenvalue weighted by molar-refractivity contribution is 5.88. The number of piperidine rings is 1. The molecule has 1 aliphatic heterocycles. The number of methoxy groups -OCH3 is 1. The maximum Gasteiger partial charge on any atom is 0.335 e. The molecule has 32 heavy (non-hydrogen) atoms.